The minimum atomic E-state index is -0.650. The molecule has 0 unspecified atom stereocenters. The predicted molar refractivity (Wildman–Crippen MR) is 103 cm³/mol. The number of hydrogen-bond donors (Lipinski definition) is 0. The molecule has 1 aromatic carbocycles. The highest BCUT2D eigenvalue weighted by Gasteiger charge is 2.64. The first-order valence-electron chi connectivity index (χ1n) is 9.64. The van der Waals surface area contributed by atoms with Crippen LogP contribution in [-0.4, -0.2) is 23.2 Å². The van der Waals surface area contributed by atoms with E-state index in [0.717, 1.165) is 12.0 Å². The van der Waals surface area contributed by atoms with Gasteiger partial charge in [-0.05, 0) is 53.7 Å². The van der Waals surface area contributed by atoms with Crippen LogP contribution in [0, 0.1) is 28.1 Å². The van der Waals surface area contributed by atoms with Crippen LogP contribution >= 0.6 is 11.6 Å². The van der Waals surface area contributed by atoms with Gasteiger partial charge in [-0.1, -0.05) is 44.5 Å². The fourth-order valence-electron chi connectivity index (χ4n) is 5.17. The Labute approximate surface area is 164 Å². The summed E-state index contributed by atoms with van der Waals surface area (Å²) in [5.41, 5.74) is 1.22. The molecule has 2 saturated carbocycles. The standard InChI is InChI=1S/C21H25ClN2O3/c1-12-4-9-16-19(21(16,2)3)20(12)26-18-10-15(17(11-23)24(25)27-18)13-5-7-14(22)8-6-13/h5-8,12,15-16,18-20H,4,9-10H2,1-3H3/t12-,15+,16+,18-,19+,20+/m0/s1. The van der Waals surface area contributed by atoms with E-state index in [-0.39, 0.29) is 17.7 Å². The van der Waals surface area contributed by atoms with Gasteiger partial charge < -0.3 is 10.1 Å². The molecule has 0 N–H and O–H groups in total. The highest BCUT2D eigenvalue weighted by Crippen LogP contribution is 2.66. The van der Waals surface area contributed by atoms with Gasteiger partial charge in [0.2, 0.25) is 0 Å². The summed E-state index contributed by atoms with van der Waals surface area (Å²) in [4.78, 5) is 18.1. The molecule has 5 nitrogen and oxygen atoms in total. The van der Waals surface area contributed by atoms with Crippen LogP contribution in [0.4, 0.5) is 0 Å². The molecule has 3 aliphatic rings. The van der Waals surface area contributed by atoms with Crippen molar-refractivity contribution in [3.05, 3.63) is 50.9 Å². The highest BCUT2D eigenvalue weighted by molar-refractivity contribution is 6.30. The maximum atomic E-state index is 12.4. The average molecular weight is 389 g/mol. The van der Waals surface area contributed by atoms with Crippen LogP contribution < -0.4 is 0 Å². The van der Waals surface area contributed by atoms with Gasteiger partial charge in [-0.15, -0.1) is 0 Å². The van der Waals surface area contributed by atoms with E-state index in [2.05, 4.69) is 20.8 Å². The normalized spacial score (nSPS) is 37.2. The number of benzene rings is 1. The Bertz CT molecular complexity index is 800. The van der Waals surface area contributed by atoms with Gasteiger partial charge in [0, 0.05) is 11.4 Å². The number of allylic oxidation sites excluding steroid dienone is 1. The molecule has 0 amide bonds. The van der Waals surface area contributed by atoms with E-state index < -0.39 is 6.29 Å². The van der Waals surface area contributed by atoms with Gasteiger partial charge in [-0.25, -0.2) is 0 Å². The Morgan fingerprint density at radius 3 is 2.67 bits per heavy atom. The summed E-state index contributed by atoms with van der Waals surface area (Å²) in [6, 6.07) is 7.24. The van der Waals surface area contributed by atoms with Gasteiger partial charge in [0.25, 0.3) is 11.2 Å². The van der Waals surface area contributed by atoms with E-state index in [1.165, 1.54) is 6.42 Å². The Morgan fingerprint density at radius 1 is 1.30 bits per heavy atom. The van der Waals surface area contributed by atoms with E-state index in [1.54, 1.807) is 12.1 Å². The Kier molecular flexibility index (Phi) is 4.66. The van der Waals surface area contributed by atoms with E-state index in [0.29, 0.717) is 39.5 Å². The Balaban J connectivity index is 1.55. The van der Waals surface area contributed by atoms with Crippen molar-refractivity contribution in [1.29, 1.82) is 0 Å². The summed E-state index contributed by atoms with van der Waals surface area (Å²) >= 11 is 5.98. The maximum Gasteiger partial charge on any atom is 0.320 e. The molecule has 3 fully saturated rings. The first-order chi connectivity index (χ1) is 12.8. The van der Waals surface area contributed by atoms with Crippen LogP contribution in [0.3, 0.4) is 0 Å². The molecule has 144 valence electrons. The Hall–Kier alpha value is -1.68. The molecule has 4 rings (SSSR count). The SMILES string of the molecule is C[C@H]1CC[C@@H]2[C@H]([C@@H]1O[C@@H]1C[C@H](c3ccc(Cl)cc3)C(=C=[N-])[N+](=O)O1)C2(C)C. The van der Waals surface area contributed by atoms with Gasteiger partial charge in [0.15, 0.2) is 0 Å². The summed E-state index contributed by atoms with van der Waals surface area (Å²) in [5.74, 6) is 3.29. The van der Waals surface area contributed by atoms with Crippen LogP contribution in [-0.2, 0) is 9.57 Å². The first-order valence-corrected chi connectivity index (χ1v) is 10.0. The second-order valence-electron chi connectivity index (χ2n) is 8.74. The lowest BCUT2D eigenvalue weighted by Crippen LogP contribution is -2.40. The molecular formula is C21H25ClN2O3. The van der Waals surface area contributed by atoms with E-state index >= 15 is 0 Å². The molecule has 0 aromatic heterocycles. The van der Waals surface area contributed by atoms with Gasteiger partial charge in [-0.3, -0.25) is 0 Å². The van der Waals surface area contributed by atoms with Gasteiger partial charge in [0.1, 0.15) is 0 Å². The monoisotopic (exact) mass is 388 g/mol. The molecule has 1 heterocycles. The smallest absolute Gasteiger partial charge is 0.320 e. The molecule has 1 aliphatic heterocycles. The molecule has 1 aromatic rings. The molecule has 27 heavy (non-hydrogen) atoms. The highest BCUT2D eigenvalue weighted by atomic mass is 35.5. The van der Waals surface area contributed by atoms with Crippen LogP contribution in [0.1, 0.15) is 51.5 Å². The molecule has 0 radical (unpaired) electrons. The van der Waals surface area contributed by atoms with E-state index in [4.69, 9.17) is 21.2 Å². The molecular weight excluding hydrogens is 364 g/mol. The van der Waals surface area contributed by atoms with E-state index in [1.807, 2.05) is 18.0 Å². The van der Waals surface area contributed by atoms with Gasteiger partial charge >= 0.3 is 5.70 Å². The fourth-order valence-corrected chi connectivity index (χ4v) is 5.30. The number of ether oxygens (including phenoxy) is 1. The van der Waals surface area contributed by atoms with Crippen LogP contribution in [0.2, 0.25) is 5.02 Å². The van der Waals surface area contributed by atoms with Crippen molar-refractivity contribution < 1.29 is 14.5 Å². The second-order valence-corrected chi connectivity index (χ2v) is 9.17. The largest absolute Gasteiger partial charge is 0.758 e. The Morgan fingerprint density at radius 2 is 2.00 bits per heavy atom. The number of fused-ring (bicyclic) bond motifs is 1. The van der Waals surface area contributed by atoms with Crippen molar-refractivity contribution in [2.75, 3.05) is 0 Å². The summed E-state index contributed by atoms with van der Waals surface area (Å²) in [6.07, 6.45) is 2.27. The fraction of sp³-hybridized carbons (Fsp3) is 0.619. The summed E-state index contributed by atoms with van der Waals surface area (Å²) < 4.78 is 6.36. The van der Waals surface area contributed by atoms with Crippen molar-refractivity contribution >= 4 is 17.5 Å². The van der Waals surface area contributed by atoms with E-state index in [9.17, 15) is 10.3 Å². The van der Waals surface area contributed by atoms with Crippen molar-refractivity contribution in [1.82, 2.24) is 0 Å². The van der Waals surface area contributed by atoms with Crippen LogP contribution in [0.5, 0.6) is 0 Å². The molecule has 6 atom stereocenters. The lowest BCUT2D eigenvalue weighted by atomic mass is 9.87. The number of hydrogen-bond acceptors (Lipinski definition) is 3. The van der Waals surface area contributed by atoms with Gasteiger partial charge in [-0.2, -0.15) is 10.7 Å². The topological polar surface area (TPSA) is 60.8 Å². The summed E-state index contributed by atoms with van der Waals surface area (Å²) in [7, 11) is 0. The summed E-state index contributed by atoms with van der Waals surface area (Å²) in [6.45, 7) is 6.82. The molecule has 2 aliphatic carbocycles. The number of halogens is 1. The molecule has 0 spiro atoms. The quantitative estimate of drug-likeness (QED) is 0.679. The number of nitrogens with zero attached hydrogens (tertiary/aromatic N) is 2. The van der Waals surface area contributed by atoms with Crippen molar-refractivity contribution in [3.8, 4) is 0 Å². The average Bonchev–Trinajstić information content (AvgIpc) is 3.19. The van der Waals surface area contributed by atoms with Crippen molar-refractivity contribution in [3.63, 3.8) is 0 Å². The van der Waals surface area contributed by atoms with Gasteiger partial charge in [0.05, 0.1) is 16.9 Å². The third kappa shape index (κ3) is 3.22. The zero-order valence-corrected chi connectivity index (χ0v) is 16.6. The minimum Gasteiger partial charge on any atom is -0.758 e. The van der Waals surface area contributed by atoms with Crippen LogP contribution in [0.15, 0.2) is 30.0 Å². The molecule has 1 saturated heterocycles. The van der Waals surface area contributed by atoms with Crippen LogP contribution in [0.25, 0.3) is 5.41 Å². The first kappa shape index (κ1) is 18.7. The maximum absolute atomic E-state index is 12.4. The van der Waals surface area contributed by atoms with Crippen molar-refractivity contribution in [2.45, 2.75) is 58.3 Å². The van der Waals surface area contributed by atoms with Crippen molar-refractivity contribution in [2.24, 2.45) is 23.2 Å². The number of rotatable bonds is 3. The zero-order chi connectivity index (χ0) is 19.3. The summed E-state index contributed by atoms with van der Waals surface area (Å²) in [5, 5.41) is 10.1. The second kappa shape index (κ2) is 6.73. The molecule has 6 heteroatoms. The lowest BCUT2D eigenvalue weighted by Gasteiger charge is -2.32. The minimum absolute atomic E-state index is 0.0542. The predicted octanol–water partition coefficient (Wildman–Crippen LogP) is 5.07. The third-order valence-electron chi connectivity index (χ3n) is 6.85. The molecule has 0 bridgehead atoms. The lowest BCUT2D eigenvalue weighted by molar-refractivity contribution is -0.801. The third-order valence-corrected chi connectivity index (χ3v) is 7.10. The zero-order valence-electron chi connectivity index (χ0n) is 15.9.